The SMILES string of the molecule is Cc1ccc(N2C(=O)c3cccnc3C2Nc2c(F)c(F)c(F)c(F)c2F)cc1. The molecular weight excluding hydrogens is 393 g/mol. The fourth-order valence-electron chi connectivity index (χ4n) is 3.16. The van der Waals surface area contributed by atoms with Gasteiger partial charge in [-0.05, 0) is 31.2 Å². The number of pyridine rings is 1. The summed E-state index contributed by atoms with van der Waals surface area (Å²) in [6, 6.07) is 9.61. The topological polar surface area (TPSA) is 45.2 Å². The van der Waals surface area contributed by atoms with E-state index in [1.54, 1.807) is 24.3 Å². The number of halogens is 5. The first-order chi connectivity index (χ1) is 13.8. The Morgan fingerprint density at radius 2 is 1.48 bits per heavy atom. The summed E-state index contributed by atoms with van der Waals surface area (Å²) in [5.74, 6) is -11.0. The van der Waals surface area contributed by atoms with Crippen LogP contribution in [-0.4, -0.2) is 10.9 Å². The number of amides is 1. The van der Waals surface area contributed by atoms with E-state index in [1.807, 2.05) is 6.92 Å². The van der Waals surface area contributed by atoms with Crippen LogP contribution in [0.25, 0.3) is 0 Å². The van der Waals surface area contributed by atoms with Crippen molar-refractivity contribution in [2.24, 2.45) is 0 Å². The number of anilines is 2. The lowest BCUT2D eigenvalue weighted by atomic mass is 10.2. The molecule has 4 nitrogen and oxygen atoms in total. The lowest BCUT2D eigenvalue weighted by molar-refractivity contribution is 0.0993. The second kappa shape index (κ2) is 6.84. The van der Waals surface area contributed by atoms with E-state index in [9.17, 15) is 26.7 Å². The zero-order valence-corrected chi connectivity index (χ0v) is 14.8. The Morgan fingerprint density at radius 3 is 2.10 bits per heavy atom. The van der Waals surface area contributed by atoms with Crippen LogP contribution in [0.5, 0.6) is 0 Å². The molecule has 0 radical (unpaired) electrons. The van der Waals surface area contributed by atoms with E-state index >= 15 is 0 Å². The zero-order valence-electron chi connectivity index (χ0n) is 14.8. The number of hydrogen-bond donors (Lipinski definition) is 1. The van der Waals surface area contributed by atoms with Gasteiger partial charge in [0.2, 0.25) is 5.82 Å². The highest BCUT2D eigenvalue weighted by atomic mass is 19.2. The lowest BCUT2D eigenvalue weighted by Gasteiger charge is -2.27. The van der Waals surface area contributed by atoms with Crippen LogP contribution < -0.4 is 10.2 Å². The van der Waals surface area contributed by atoms with Gasteiger partial charge in [0.25, 0.3) is 5.91 Å². The van der Waals surface area contributed by atoms with Gasteiger partial charge in [-0.15, -0.1) is 0 Å². The standard InChI is InChI=1S/C20H12F5N3O/c1-9-4-6-10(7-5-9)28-19(17-11(20(28)29)3-2-8-26-17)27-18-15(24)13(22)12(21)14(23)16(18)25/h2-8,19,27H,1H3. The molecule has 1 amide bonds. The van der Waals surface area contributed by atoms with Gasteiger partial charge in [-0.2, -0.15) is 0 Å². The van der Waals surface area contributed by atoms with Gasteiger partial charge in [0.1, 0.15) is 5.69 Å². The third-order valence-corrected chi connectivity index (χ3v) is 4.61. The van der Waals surface area contributed by atoms with Crippen molar-refractivity contribution >= 4 is 17.3 Å². The molecule has 0 aliphatic carbocycles. The molecule has 148 valence electrons. The first kappa shape index (κ1) is 18.9. The quantitative estimate of drug-likeness (QED) is 0.385. The largest absolute Gasteiger partial charge is 0.355 e. The molecule has 0 fully saturated rings. The maximum Gasteiger partial charge on any atom is 0.262 e. The van der Waals surface area contributed by atoms with Crippen molar-refractivity contribution in [2.45, 2.75) is 13.1 Å². The molecule has 1 N–H and O–H groups in total. The van der Waals surface area contributed by atoms with Gasteiger partial charge in [-0.3, -0.25) is 14.7 Å². The Balaban J connectivity index is 1.86. The minimum absolute atomic E-state index is 0.0991. The van der Waals surface area contributed by atoms with Crippen LogP contribution >= 0.6 is 0 Å². The fourth-order valence-corrected chi connectivity index (χ4v) is 3.16. The Hall–Kier alpha value is -3.49. The molecule has 1 aliphatic heterocycles. The van der Waals surface area contributed by atoms with Gasteiger partial charge < -0.3 is 5.32 Å². The second-order valence-electron chi connectivity index (χ2n) is 6.44. The number of carbonyl (C=O) groups is 1. The molecule has 0 spiro atoms. The van der Waals surface area contributed by atoms with E-state index in [2.05, 4.69) is 10.3 Å². The van der Waals surface area contributed by atoms with Gasteiger partial charge in [0.15, 0.2) is 29.4 Å². The molecule has 1 aromatic heterocycles. The second-order valence-corrected chi connectivity index (χ2v) is 6.44. The third kappa shape index (κ3) is 2.89. The first-order valence-electron chi connectivity index (χ1n) is 8.44. The summed E-state index contributed by atoms with van der Waals surface area (Å²) in [7, 11) is 0. The molecule has 3 aromatic rings. The number of rotatable bonds is 3. The Kier molecular flexibility index (Phi) is 4.45. The Morgan fingerprint density at radius 1 is 0.897 bits per heavy atom. The predicted octanol–water partition coefficient (Wildman–Crippen LogP) is 4.86. The number of nitrogens with one attached hydrogen (secondary N) is 1. The van der Waals surface area contributed by atoms with Gasteiger partial charge in [0.05, 0.1) is 11.3 Å². The van der Waals surface area contributed by atoms with E-state index in [0.29, 0.717) is 5.69 Å². The van der Waals surface area contributed by atoms with Crippen molar-refractivity contribution in [2.75, 3.05) is 10.2 Å². The lowest BCUT2D eigenvalue weighted by Crippen LogP contribution is -2.33. The summed E-state index contributed by atoms with van der Waals surface area (Å²) in [4.78, 5) is 18.1. The summed E-state index contributed by atoms with van der Waals surface area (Å²) in [6.07, 6.45) is 0.0764. The van der Waals surface area contributed by atoms with Gasteiger partial charge in [-0.1, -0.05) is 17.7 Å². The molecule has 2 aromatic carbocycles. The van der Waals surface area contributed by atoms with Crippen molar-refractivity contribution in [1.82, 2.24) is 4.98 Å². The number of aromatic nitrogens is 1. The van der Waals surface area contributed by atoms with Gasteiger partial charge in [-0.25, -0.2) is 22.0 Å². The summed E-state index contributed by atoms with van der Waals surface area (Å²) in [5.41, 5.74) is 0.270. The summed E-state index contributed by atoms with van der Waals surface area (Å²) < 4.78 is 69.0. The summed E-state index contributed by atoms with van der Waals surface area (Å²) in [6.45, 7) is 1.83. The van der Waals surface area contributed by atoms with Crippen molar-refractivity contribution < 1.29 is 26.7 Å². The average molecular weight is 405 g/mol. The molecule has 1 atom stereocenters. The van der Waals surface area contributed by atoms with Crippen LogP contribution in [0.4, 0.5) is 33.3 Å². The number of nitrogens with zero attached hydrogens (tertiary/aromatic N) is 2. The molecule has 1 aliphatic rings. The monoisotopic (exact) mass is 405 g/mol. The maximum atomic E-state index is 14.2. The van der Waals surface area contributed by atoms with E-state index in [1.165, 1.54) is 18.3 Å². The third-order valence-electron chi connectivity index (χ3n) is 4.61. The highest BCUT2D eigenvalue weighted by molar-refractivity contribution is 6.11. The number of hydrogen-bond acceptors (Lipinski definition) is 3. The van der Waals surface area contributed by atoms with Crippen molar-refractivity contribution in [3.05, 3.63) is 88.5 Å². The predicted molar refractivity (Wildman–Crippen MR) is 94.8 cm³/mol. The molecule has 29 heavy (non-hydrogen) atoms. The van der Waals surface area contributed by atoms with Crippen LogP contribution in [-0.2, 0) is 0 Å². The van der Waals surface area contributed by atoms with Crippen molar-refractivity contribution in [1.29, 1.82) is 0 Å². The first-order valence-corrected chi connectivity index (χ1v) is 8.44. The summed E-state index contributed by atoms with van der Waals surface area (Å²) >= 11 is 0. The smallest absolute Gasteiger partial charge is 0.262 e. The van der Waals surface area contributed by atoms with E-state index in [0.717, 1.165) is 10.5 Å². The number of aryl methyl sites for hydroxylation is 1. The Labute approximate surface area is 161 Å². The zero-order chi connectivity index (χ0) is 20.9. The van der Waals surface area contributed by atoms with Gasteiger partial charge in [0, 0.05) is 11.9 Å². The number of fused-ring (bicyclic) bond motifs is 1. The van der Waals surface area contributed by atoms with E-state index in [-0.39, 0.29) is 11.3 Å². The molecule has 0 bridgehead atoms. The molecular formula is C20H12F5N3O. The van der Waals surface area contributed by atoms with Crippen molar-refractivity contribution in [3.8, 4) is 0 Å². The van der Waals surface area contributed by atoms with Crippen LogP contribution in [0.2, 0.25) is 0 Å². The normalized spacial score (nSPS) is 15.6. The number of carbonyl (C=O) groups excluding carboxylic acids is 1. The van der Waals surface area contributed by atoms with Gasteiger partial charge >= 0.3 is 0 Å². The molecule has 0 saturated carbocycles. The van der Waals surface area contributed by atoms with Crippen LogP contribution in [0.3, 0.4) is 0 Å². The molecule has 2 heterocycles. The maximum absolute atomic E-state index is 14.2. The minimum atomic E-state index is -2.26. The summed E-state index contributed by atoms with van der Waals surface area (Å²) in [5, 5.41) is 2.28. The minimum Gasteiger partial charge on any atom is -0.355 e. The molecule has 1 unspecified atom stereocenters. The van der Waals surface area contributed by atoms with E-state index in [4.69, 9.17) is 0 Å². The molecule has 0 saturated heterocycles. The van der Waals surface area contributed by atoms with Crippen LogP contribution in [0.1, 0.15) is 27.8 Å². The highest BCUT2D eigenvalue weighted by Crippen LogP contribution is 2.38. The van der Waals surface area contributed by atoms with E-state index < -0.39 is 46.8 Å². The fraction of sp³-hybridized carbons (Fsp3) is 0.100. The van der Waals surface area contributed by atoms with Crippen molar-refractivity contribution in [3.63, 3.8) is 0 Å². The Bertz CT molecular complexity index is 1100. The molecule has 4 rings (SSSR count). The van der Waals surface area contributed by atoms with Crippen LogP contribution in [0, 0.1) is 36.0 Å². The van der Waals surface area contributed by atoms with Crippen LogP contribution in [0.15, 0.2) is 42.6 Å². The number of benzene rings is 2. The average Bonchev–Trinajstić information content (AvgIpc) is 3.01. The highest BCUT2D eigenvalue weighted by Gasteiger charge is 2.40. The molecule has 9 heteroatoms.